The molecule has 2 aromatic rings. The van der Waals surface area contributed by atoms with E-state index < -0.39 is 0 Å². The van der Waals surface area contributed by atoms with Crippen LogP contribution >= 0.6 is 27.5 Å². The molecule has 0 heterocycles. The highest BCUT2D eigenvalue weighted by Gasteiger charge is 2.12. The van der Waals surface area contributed by atoms with Gasteiger partial charge >= 0.3 is 0 Å². The van der Waals surface area contributed by atoms with Gasteiger partial charge in [0.1, 0.15) is 12.4 Å². The predicted molar refractivity (Wildman–Crippen MR) is 99.8 cm³/mol. The molecule has 25 heavy (non-hydrogen) atoms. The molecule has 136 valence electrons. The number of halogens is 3. The van der Waals surface area contributed by atoms with Crippen molar-refractivity contribution in [3.05, 3.63) is 56.8 Å². The van der Waals surface area contributed by atoms with E-state index in [0.29, 0.717) is 41.8 Å². The summed E-state index contributed by atoms with van der Waals surface area (Å²) >= 11 is 9.56. The minimum Gasteiger partial charge on any atom is -0.490 e. The monoisotopic (exact) mass is 431 g/mol. The first-order chi connectivity index (χ1) is 12.0. The van der Waals surface area contributed by atoms with Crippen LogP contribution in [-0.4, -0.2) is 24.9 Å². The van der Waals surface area contributed by atoms with Crippen LogP contribution in [0.4, 0.5) is 4.39 Å². The molecule has 0 bridgehead atoms. The third-order valence-corrected chi connectivity index (χ3v) is 4.50. The molecule has 0 amide bonds. The quantitative estimate of drug-likeness (QED) is 0.580. The Morgan fingerprint density at radius 3 is 2.60 bits per heavy atom. The Morgan fingerprint density at radius 1 is 1.16 bits per heavy atom. The van der Waals surface area contributed by atoms with Gasteiger partial charge in [-0.25, -0.2) is 4.39 Å². The van der Waals surface area contributed by atoms with E-state index in [1.807, 2.05) is 19.1 Å². The Morgan fingerprint density at radius 2 is 1.92 bits per heavy atom. The van der Waals surface area contributed by atoms with E-state index in [-0.39, 0.29) is 19.0 Å². The minimum absolute atomic E-state index is 0.0789. The highest BCUT2D eigenvalue weighted by Crippen LogP contribution is 2.35. The molecule has 0 saturated carbocycles. The summed E-state index contributed by atoms with van der Waals surface area (Å²) in [5, 5.41) is 12.3. The zero-order chi connectivity index (χ0) is 18.2. The van der Waals surface area contributed by atoms with Crippen molar-refractivity contribution >= 4 is 27.5 Å². The molecule has 0 radical (unpaired) electrons. The number of hydrogen-bond donors (Lipinski definition) is 2. The smallest absolute Gasteiger partial charge is 0.162 e. The molecular formula is C18H20BrClFNO3. The van der Waals surface area contributed by atoms with Gasteiger partial charge in [-0.2, -0.15) is 0 Å². The molecule has 0 aliphatic carbocycles. The summed E-state index contributed by atoms with van der Waals surface area (Å²) in [4.78, 5) is 0. The summed E-state index contributed by atoms with van der Waals surface area (Å²) in [6.45, 7) is 3.78. The highest BCUT2D eigenvalue weighted by molar-refractivity contribution is 9.10. The van der Waals surface area contributed by atoms with Crippen molar-refractivity contribution in [2.75, 3.05) is 19.8 Å². The van der Waals surface area contributed by atoms with Crippen LogP contribution in [0.3, 0.4) is 0 Å². The van der Waals surface area contributed by atoms with Gasteiger partial charge in [-0.05, 0) is 36.8 Å². The molecule has 2 rings (SSSR count). The number of rotatable bonds is 9. The molecule has 4 nitrogen and oxygen atoms in total. The van der Waals surface area contributed by atoms with Gasteiger partial charge in [-0.1, -0.05) is 33.6 Å². The second-order valence-electron chi connectivity index (χ2n) is 5.25. The van der Waals surface area contributed by atoms with Crippen LogP contribution in [0.5, 0.6) is 11.5 Å². The second kappa shape index (κ2) is 9.97. The van der Waals surface area contributed by atoms with Gasteiger partial charge < -0.3 is 19.9 Å². The lowest BCUT2D eigenvalue weighted by atomic mass is 10.2. The highest BCUT2D eigenvalue weighted by atomic mass is 79.9. The van der Waals surface area contributed by atoms with Crippen LogP contribution in [0.1, 0.15) is 18.1 Å². The van der Waals surface area contributed by atoms with E-state index in [0.717, 1.165) is 10.0 Å². The summed E-state index contributed by atoms with van der Waals surface area (Å²) in [6.07, 6.45) is 0. The van der Waals surface area contributed by atoms with E-state index >= 15 is 0 Å². The van der Waals surface area contributed by atoms with Crippen LogP contribution in [-0.2, 0) is 13.2 Å². The van der Waals surface area contributed by atoms with Crippen molar-refractivity contribution in [2.24, 2.45) is 0 Å². The lowest BCUT2D eigenvalue weighted by Gasteiger charge is -2.16. The lowest BCUT2D eigenvalue weighted by Crippen LogP contribution is -2.17. The molecule has 0 spiro atoms. The molecule has 0 atom stereocenters. The fraction of sp³-hybridized carbons (Fsp3) is 0.333. The van der Waals surface area contributed by atoms with E-state index in [2.05, 4.69) is 21.2 Å². The number of ether oxygens (including phenoxy) is 2. The van der Waals surface area contributed by atoms with Gasteiger partial charge in [0.05, 0.1) is 18.2 Å². The van der Waals surface area contributed by atoms with Crippen molar-refractivity contribution < 1.29 is 19.0 Å². The zero-order valence-electron chi connectivity index (χ0n) is 13.8. The second-order valence-corrected chi connectivity index (χ2v) is 6.51. The zero-order valence-corrected chi connectivity index (χ0v) is 16.2. The Labute approximate surface area is 160 Å². The molecule has 0 aliphatic heterocycles. The van der Waals surface area contributed by atoms with Gasteiger partial charge in [0, 0.05) is 23.1 Å². The maximum Gasteiger partial charge on any atom is 0.162 e. The Kier molecular flexibility index (Phi) is 7.96. The predicted octanol–water partition coefficient (Wildman–Crippen LogP) is 4.30. The molecule has 0 unspecified atom stereocenters. The van der Waals surface area contributed by atoms with E-state index in [1.165, 1.54) is 12.1 Å². The molecule has 0 aliphatic rings. The summed E-state index contributed by atoms with van der Waals surface area (Å²) in [6, 6.07) is 7.92. The standard InChI is InChI=1S/C18H20BrClFNO3/c1-2-24-17-7-13(10-22-5-6-23)15(19)9-18(17)25-11-12-3-4-14(21)8-16(12)20/h3-4,7-9,22-23H,2,5-6,10-11H2,1H3. The molecule has 2 N–H and O–H groups in total. The first kappa shape index (κ1) is 20.0. The molecule has 0 saturated heterocycles. The Bertz CT molecular complexity index is 715. The first-order valence-corrected chi connectivity index (χ1v) is 9.05. The average Bonchev–Trinajstić information content (AvgIpc) is 2.57. The van der Waals surface area contributed by atoms with Crippen molar-refractivity contribution in [1.29, 1.82) is 0 Å². The first-order valence-electron chi connectivity index (χ1n) is 7.88. The largest absolute Gasteiger partial charge is 0.490 e. The van der Waals surface area contributed by atoms with Crippen LogP contribution in [0, 0.1) is 5.82 Å². The number of aliphatic hydroxyl groups excluding tert-OH is 1. The van der Waals surface area contributed by atoms with Crippen LogP contribution in [0.25, 0.3) is 0 Å². The van der Waals surface area contributed by atoms with E-state index in [4.69, 9.17) is 26.2 Å². The maximum absolute atomic E-state index is 13.1. The molecule has 7 heteroatoms. The van der Waals surface area contributed by atoms with Crippen molar-refractivity contribution in [2.45, 2.75) is 20.1 Å². The van der Waals surface area contributed by atoms with Gasteiger partial charge in [0.25, 0.3) is 0 Å². The summed E-state index contributed by atoms with van der Waals surface area (Å²) in [5.74, 6) is 0.802. The third-order valence-electron chi connectivity index (χ3n) is 3.41. The fourth-order valence-electron chi connectivity index (χ4n) is 2.19. The summed E-state index contributed by atoms with van der Waals surface area (Å²) in [5.41, 5.74) is 1.68. The Hall–Kier alpha value is -1.34. The van der Waals surface area contributed by atoms with Gasteiger partial charge in [0.2, 0.25) is 0 Å². The van der Waals surface area contributed by atoms with Crippen LogP contribution in [0.2, 0.25) is 5.02 Å². The van der Waals surface area contributed by atoms with Crippen molar-refractivity contribution in [1.82, 2.24) is 5.32 Å². The van der Waals surface area contributed by atoms with Crippen LogP contribution in [0.15, 0.2) is 34.8 Å². The number of hydrogen-bond acceptors (Lipinski definition) is 4. The van der Waals surface area contributed by atoms with Gasteiger partial charge in [-0.15, -0.1) is 0 Å². The number of benzene rings is 2. The lowest BCUT2D eigenvalue weighted by molar-refractivity contribution is 0.268. The van der Waals surface area contributed by atoms with Gasteiger partial charge in [-0.3, -0.25) is 0 Å². The van der Waals surface area contributed by atoms with Crippen molar-refractivity contribution in [3.8, 4) is 11.5 Å². The van der Waals surface area contributed by atoms with Crippen molar-refractivity contribution in [3.63, 3.8) is 0 Å². The van der Waals surface area contributed by atoms with E-state index in [1.54, 1.807) is 6.07 Å². The molecule has 0 aromatic heterocycles. The molecular weight excluding hydrogens is 413 g/mol. The topological polar surface area (TPSA) is 50.7 Å². The molecule has 2 aromatic carbocycles. The number of aliphatic hydroxyl groups is 1. The normalized spacial score (nSPS) is 10.8. The number of nitrogens with one attached hydrogen (secondary N) is 1. The minimum atomic E-state index is -0.383. The Balaban J connectivity index is 2.16. The summed E-state index contributed by atoms with van der Waals surface area (Å²) in [7, 11) is 0. The van der Waals surface area contributed by atoms with Crippen LogP contribution < -0.4 is 14.8 Å². The average molecular weight is 433 g/mol. The molecule has 0 fully saturated rings. The van der Waals surface area contributed by atoms with E-state index in [9.17, 15) is 4.39 Å². The third kappa shape index (κ3) is 5.85. The maximum atomic E-state index is 13.1. The van der Waals surface area contributed by atoms with Gasteiger partial charge in [0.15, 0.2) is 11.5 Å². The fourth-order valence-corrected chi connectivity index (χ4v) is 2.87. The SMILES string of the molecule is CCOc1cc(CNCCO)c(Br)cc1OCc1ccc(F)cc1Cl. The summed E-state index contributed by atoms with van der Waals surface area (Å²) < 4.78 is 25.5.